The molecular weight excluding hydrogens is 282 g/mol. The van der Waals surface area contributed by atoms with Crippen LogP contribution in [0.2, 0.25) is 0 Å². The van der Waals surface area contributed by atoms with E-state index in [0.717, 1.165) is 11.1 Å². The highest BCUT2D eigenvalue weighted by Crippen LogP contribution is 2.34. The molecule has 5 heteroatoms. The molecule has 0 amide bonds. The number of carbonyl (C=O) groups is 1. The van der Waals surface area contributed by atoms with Gasteiger partial charge in [-0.15, -0.1) is 0 Å². The molecule has 0 fully saturated rings. The van der Waals surface area contributed by atoms with Crippen LogP contribution >= 0.6 is 0 Å². The van der Waals surface area contributed by atoms with E-state index in [-0.39, 0.29) is 5.97 Å². The monoisotopic (exact) mass is 301 g/mol. The van der Waals surface area contributed by atoms with Gasteiger partial charge in [-0.3, -0.25) is 0 Å². The van der Waals surface area contributed by atoms with Crippen molar-refractivity contribution in [3.05, 3.63) is 53.1 Å². The van der Waals surface area contributed by atoms with E-state index in [4.69, 9.17) is 19.9 Å². The summed E-state index contributed by atoms with van der Waals surface area (Å²) in [5, 5.41) is 0. The Morgan fingerprint density at radius 2 is 1.64 bits per heavy atom. The summed E-state index contributed by atoms with van der Waals surface area (Å²) in [6, 6.07) is 10.8. The van der Waals surface area contributed by atoms with Crippen molar-refractivity contribution < 1.29 is 19.0 Å². The fraction of sp³-hybridized carbons (Fsp3) is 0.235. The first-order chi connectivity index (χ1) is 10.6. The van der Waals surface area contributed by atoms with Gasteiger partial charge < -0.3 is 19.9 Å². The number of benzene rings is 2. The Labute approximate surface area is 129 Å². The Hall–Kier alpha value is -2.69. The largest absolute Gasteiger partial charge is 0.496 e. The van der Waals surface area contributed by atoms with Crippen LogP contribution in [0.25, 0.3) is 0 Å². The summed E-state index contributed by atoms with van der Waals surface area (Å²) in [4.78, 5) is 11.9. The number of nitrogens with two attached hydrogens (primary N) is 1. The second-order valence-corrected chi connectivity index (χ2v) is 4.73. The van der Waals surface area contributed by atoms with Crippen LogP contribution in [0.1, 0.15) is 21.5 Å². The zero-order valence-corrected chi connectivity index (χ0v) is 12.9. The molecule has 0 bridgehead atoms. The maximum atomic E-state index is 11.9. The lowest BCUT2D eigenvalue weighted by Gasteiger charge is -2.15. The van der Waals surface area contributed by atoms with Gasteiger partial charge >= 0.3 is 5.97 Å². The SMILES string of the molecule is COC(=O)c1ccccc1Cc1c(OC)cc(N)cc1OC. The van der Waals surface area contributed by atoms with E-state index in [9.17, 15) is 4.79 Å². The molecule has 116 valence electrons. The lowest BCUT2D eigenvalue weighted by Crippen LogP contribution is -2.07. The third kappa shape index (κ3) is 3.14. The maximum absolute atomic E-state index is 11.9. The van der Waals surface area contributed by atoms with Crippen LogP contribution in [0.5, 0.6) is 11.5 Å². The number of ether oxygens (including phenoxy) is 3. The molecule has 0 aliphatic carbocycles. The van der Waals surface area contributed by atoms with Gasteiger partial charge in [0.15, 0.2) is 0 Å². The minimum Gasteiger partial charge on any atom is -0.496 e. The summed E-state index contributed by atoms with van der Waals surface area (Å²) in [7, 11) is 4.51. The van der Waals surface area contributed by atoms with E-state index in [2.05, 4.69) is 0 Å². The van der Waals surface area contributed by atoms with Crippen molar-refractivity contribution in [2.45, 2.75) is 6.42 Å². The molecule has 5 nitrogen and oxygen atoms in total. The first kappa shape index (κ1) is 15.7. The van der Waals surface area contributed by atoms with Crippen molar-refractivity contribution in [3.63, 3.8) is 0 Å². The maximum Gasteiger partial charge on any atom is 0.338 e. The average Bonchev–Trinajstić information content (AvgIpc) is 2.55. The number of hydrogen-bond acceptors (Lipinski definition) is 5. The van der Waals surface area contributed by atoms with Gasteiger partial charge in [0, 0.05) is 29.8 Å². The summed E-state index contributed by atoms with van der Waals surface area (Å²) in [5.41, 5.74) is 8.57. The molecule has 22 heavy (non-hydrogen) atoms. The highest BCUT2D eigenvalue weighted by Gasteiger charge is 2.17. The molecule has 0 saturated carbocycles. The van der Waals surface area contributed by atoms with Gasteiger partial charge in [0.1, 0.15) is 11.5 Å². The van der Waals surface area contributed by atoms with E-state index >= 15 is 0 Å². The Morgan fingerprint density at radius 1 is 1.05 bits per heavy atom. The van der Waals surface area contributed by atoms with Crippen LogP contribution in [0.15, 0.2) is 36.4 Å². The fourth-order valence-electron chi connectivity index (χ4n) is 2.35. The standard InChI is InChI=1S/C17H19NO4/c1-20-15-9-12(18)10-16(21-2)14(15)8-11-6-4-5-7-13(11)17(19)22-3/h4-7,9-10H,8,18H2,1-3H3. The molecule has 0 heterocycles. The Morgan fingerprint density at radius 3 is 2.18 bits per heavy atom. The van der Waals surface area contributed by atoms with Gasteiger partial charge in [0.25, 0.3) is 0 Å². The number of hydrogen-bond donors (Lipinski definition) is 1. The van der Waals surface area contributed by atoms with Crippen molar-refractivity contribution in [2.24, 2.45) is 0 Å². The molecule has 2 rings (SSSR count). The Bertz CT molecular complexity index is 657. The third-order valence-corrected chi connectivity index (χ3v) is 3.42. The van der Waals surface area contributed by atoms with Crippen LogP contribution in [-0.2, 0) is 11.2 Å². The first-order valence-corrected chi connectivity index (χ1v) is 6.77. The summed E-state index contributed by atoms with van der Waals surface area (Å²) in [6.07, 6.45) is 0.470. The molecule has 0 saturated heterocycles. The second-order valence-electron chi connectivity index (χ2n) is 4.73. The van der Waals surface area contributed by atoms with E-state index in [1.54, 1.807) is 38.5 Å². The molecule has 0 aliphatic heterocycles. The topological polar surface area (TPSA) is 70.8 Å². The van der Waals surface area contributed by atoms with Crippen molar-refractivity contribution in [2.75, 3.05) is 27.1 Å². The fourth-order valence-corrected chi connectivity index (χ4v) is 2.35. The highest BCUT2D eigenvalue weighted by atomic mass is 16.5. The van der Waals surface area contributed by atoms with Crippen LogP contribution < -0.4 is 15.2 Å². The predicted octanol–water partition coefficient (Wildman–Crippen LogP) is 2.66. The first-order valence-electron chi connectivity index (χ1n) is 6.77. The van der Waals surface area contributed by atoms with Gasteiger partial charge in [0.2, 0.25) is 0 Å². The average molecular weight is 301 g/mol. The molecule has 0 spiro atoms. The third-order valence-electron chi connectivity index (χ3n) is 3.42. The van der Waals surface area contributed by atoms with E-state index in [0.29, 0.717) is 29.2 Å². The lowest BCUT2D eigenvalue weighted by atomic mass is 9.98. The second kappa shape index (κ2) is 6.85. The molecule has 0 radical (unpaired) electrons. The van der Waals surface area contributed by atoms with Crippen LogP contribution in [0.3, 0.4) is 0 Å². The highest BCUT2D eigenvalue weighted by molar-refractivity contribution is 5.91. The normalized spacial score (nSPS) is 10.1. The number of carbonyl (C=O) groups excluding carboxylic acids is 1. The zero-order chi connectivity index (χ0) is 16.1. The molecule has 0 unspecified atom stereocenters. The van der Waals surface area contributed by atoms with E-state index in [1.807, 2.05) is 12.1 Å². The molecule has 0 aromatic heterocycles. The van der Waals surface area contributed by atoms with Gasteiger partial charge in [-0.05, 0) is 11.6 Å². The summed E-state index contributed by atoms with van der Waals surface area (Å²) < 4.78 is 15.6. The smallest absolute Gasteiger partial charge is 0.338 e. The van der Waals surface area contributed by atoms with Gasteiger partial charge in [-0.25, -0.2) is 4.79 Å². The number of rotatable bonds is 5. The van der Waals surface area contributed by atoms with Crippen molar-refractivity contribution in [1.29, 1.82) is 0 Å². The number of methoxy groups -OCH3 is 3. The number of esters is 1. The van der Waals surface area contributed by atoms with E-state index < -0.39 is 0 Å². The summed E-state index contributed by atoms with van der Waals surface area (Å²) in [5.74, 6) is 0.872. The summed E-state index contributed by atoms with van der Waals surface area (Å²) in [6.45, 7) is 0. The van der Waals surface area contributed by atoms with Gasteiger partial charge in [0.05, 0.1) is 26.9 Å². The van der Waals surface area contributed by atoms with Crippen LogP contribution in [0.4, 0.5) is 5.69 Å². The van der Waals surface area contributed by atoms with E-state index in [1.165, 1.54) is 7.11 Å². The number of nitrogen functional groups attached to an aromatic ring is 1. The van der Waals surface area contributed by atoms with Crippen molar-refractivity contribution in [1.82, 2.24) is 0 Å². The zero-order valence-electron chi connectivity index (χ0n) is 12.9. The van der Waals surface area contributed by atoms with Gasteiger partial charge in [-0.1, -0.05) is 18.2 Å². The van der Waals surface area contributed by atoms with Crippen LogP contribution in [0, 0.1) is 0 Å². The minimum absolute atomic E-state index is 0.371. The minimum atomic E-state index is -0.371. The molecule has 2 aromatic rings. The molecule has 0 aliphatic rings. The molecule has 0 atom stereocenters. The quantitative estimate of drug-likeness (QED) is 0.679. The Kier molecular flexibility index (Phi) is 4.88. The summed E-state index contributed by atoms with van der Waals surface area (Å²) >= 11 is 0. The van der Waals surface area contributed by atoms with Crippen molar-refractivity contribution >= 4 is 11.7 Å². The number of anilines is 1. The Balaban J connectivity index is 2.50. The molecule has 2 N–H and O–H groups in total. The van der Waals surface area contributed by atoms with Crippen molar-refractivity contribution in [3.8, 4) is 11.5 Å². The lowest BCUT2D eigenvalue weighted by molar-refractivity contribution is 0.0599. The predicted molar refractivity (Wildman–Crippen MR) is 84.5 cm³/mol. The molecule has 2 aromatic carbocycles. The van der Waals surface area contributed by atoms with Gasteiger partial charge in [-0.2, -0.15) is 0 Å². The van der Waals surface area contributed by atoms with Crippen LogP contribution in [-0.4, -0.2) is 27.3 Å². The molecular formula is C17H19NO4.